The third kappa shape index (κ3) is 4.15. The summed E-state index contributed by atoms with van der Waals surface area (Å²) in [7, 11) is 0. The van der Waals surface area contributed by atoms with Gasteiger partial charge in [0.1, 0.15) is 5.01 Å². The molecule has 1 amide bonds. The summed E-state index contributed by atoms with van der Waals surface area (Å²) in [6.07, 6.45) is 1.37. The zero-order valence-corrected chi connectivity index (χ0v) is 14.4. The number of halogens is 1. The molecule has 0 saturated heterocycles. The van der Waals surface area contributed by atoms with Crippen LogP contribution in [-0.4, -0.2) is 26.2 Å². The molecule has 24 heavy (non-hydrogen) atoms. The van der Waals surface area contributed by atoms with Gasteiger partial charge in [0.15, 0.2) is 0 Å². The van der Waals surface area contributed by atoms with Gasteiger partial charge in [-0.05, 0) is 30.7 Å². The molecule has 0 spiro atoms. The first kappa shape index (κ1) is 16.5. The Kier molecular flexibility index (Phi) is 5.17. The van der Waals surface area contributed by atoms with Gasteiger partial charge in [-0.3, -0.25) is 4.79 Å². The number of benzene rings is 1. The first-order valence-electron chi connectivity index (χ1n) is 7.35. The molecule has 9 heteroatoms. The molecular weight excluding hydrogens is 350 g/mol. The van der Waals surface area contributed by atoms with E-state index < -0.39 is 0 Å². The van der Waals surface area contributed by atoms with Crippen LogP contribution in [-0.2, 0) is 17.6 Å². The molecule has 0 saturated carbocycles. The van der Waals surface area contributed by atoms with Crippen LogP contribution in [0.2, 0.25) is 5.02 Å². The first-order valence-corrected chi connectivity index (χ1v) is 8.54. The van der Waals surface area contributed by atoms with Gasteiger partial charge < -0.3 is 9.84 Å². The largest absolute Gasteiger partial charge is 0.339 e. The van der Waals surface area contributed by atoms with Crippen molar-refractivity contribution < 1.29 is 9.32 Å². The SMILES string of the molecule is CCc1nnc(NC(=O)CCc2nc(-c3ccc(Cl)cc3)no2)s1. The summed E-state index contributed by atoms with van der Waals surface area (Å²) in [5.41, 5.74) is 0.805. The summed E-state index contributed by atoms with van der Waals surface area (Å²) < 4.78 is 5.17. The van der Waals surface area contributed by atoms with Gasteiger partial charge in [0, 0.05) is 23.4 Å². The molecule has 0 aliphatic heterocycles. The number of nitrogens with zero attached hydrogens (tertiary/aromatic N) is 4. The van der Waals surface area contributed by atoms with Gasteiger partial charge in [0.05, 0.1) is 0 Å². The van der Waals surface area contributed by atoms with Crippen LogP contribution in [0.4, 0.5) is 5.13 Å². The van der Waals surface area contributed by atoms with E-state index in [9.17, 15) is 4.79 Å². The van der Waals surface area contributed by atoms with Gasteiger partial charge in [-0.15, -0.1) is 10.2 Å². The van der Waals surface area contributed by atoms with Crippen molar-refractivity contribution in [3.63, 3.8) is 0 Å². The molecule has 7 nitrogen and oxygen atoms in total. The van der Waals surface area contributed by atoms with Gasteiger partial charge in [0.2, 0.25) is 22.8 Å². The van der Waals surface area contributed by atoms with E-state index in [-0.39, 0.29) is 12.3 Å². The number of hydrogen-bond donors (Lipinski definition) is 1. The Bertz CT molecular complexity index is 831. The lowest BCUT2D eigenvalue weighted by Gasteiger charge is -1.98. The van der Waals surface area contributed by atoms with Gasteiger partial charge in [-0.2, -0.15) is 4.98 Å². The van der Waals surface area contributed by atoms with Crippen molar-refractivity contribution in [2.24, 2.45) is 0 Å². The molecule has 0 bridgehead atoms. The number of aromatic nitrogens is 4. The van der Waals surface area contributed by atoms with E-state index >= 15 is 0 Å². The number of amides is 1. The minimum Gasteiger partial charge on any atom is -0.339 e. The monoisotopic (exact) mass is 363 g/mol. The standard InChI is InChI=1S/C15H14ClN5O2S/c1-2-13-19-20-15(24-13)17-11(22)7-8-12-18-14(21-23-12)9-3-5-10(16)6-4-9/h3-6H,2,7-8H2,1H3,(H,17,20,22). The van der Waals surface area contributed by atoms with E-state index in [1.165, 1.54) is 11.3 Å². The van der Waals surface area contributed by atoms with Crippen molar-refractivity contribution in [2.75, 3.05) is 5.32 Å². The molecule has 1 aromatic carbocycles. The molecule has 3 rings (SSSR count). The minimum absolute atomic E-state index is 0.167. The molecule has 0 radical (unpaired) electrons. The van der Waals surface area contributed by atoms with Crippen LogP contribution >= 0.6 is 22.9 Å². The Morgan fingerprint density at radius 1 is 1.29 bits per heavy atom. The number of anilines is 1. The molecule has 0 unspecified atom stereocenters. The average molecular weight is 364 g/mol. The number of carbonyl (C=O) groups is 1. The molecular formula is C15H14ClN5O2S. The van der Waals surface area contributed by atoms with E-state index in [4.69, 9.17) is 16.1 Å². The second-order valence-corrected chi connectivity index (χ2v) is 6.42. The molecule has 124 valence electrons. The topological polar surface area (TPSA) is 93.8 Å². The highest BCUT2D eigenvalue weighted by atomic mass is 35.5. The lowest BCUT2D eigenvalue weighted by molar-refractivity contribution is -0.116. The predicted octanol–water partition coefficient (Wildman–Crippen LogP) is 3.38. The van der Waals surface area contributed by atoms with Crippen LogP contribution in [0, 0.1) is 0 Å². The third-order valence-corrected chi connectivity index (χ3v) is 4.39. The highest BCUT2D eigenvalue weighted by Gasteiger charge is 2.12. The molecule has 0 atom stereocenters. The molecule has 2 aromatic heterocycles. The number of nitrogens with one attached hydrogen (secondary N) is 1. The summed E-state index contributed by atoms with van der Waals surface area (Å²) in [4.78, 5) is 16.2. The molecule has 0 aliphatic rings. The summed E-state index contributed by atoms with van der Waals surface area (Å²) in [5.74, 6) is 0.709. The lowest BCUT2D eigenvalue weighted by Crippen LogP contribution is -2.12. The van der Waals surface area contributed by atoms with Crippen molar-refractivity contribution in [3.05, 3.63) is 40.2 Å². The van der Waals surface area contributed by atoms with Gasteiger partial charge in [0.25, 0.3) is 0 Å². The quantitative estimate of drug-likeness (QED) is 0.721. The first-order chi connectivity index (χ1) is 11.6. The molecule has 0 fully saturated rings. The van der Waals surface area contributed by atoms with Crippen molar-refractivity contribution in [3.8, 4) is 11.4 Å². The Morgan fingerprint density at radius 2 is 2.08 bits per heavy atom. The maximum Gasteiger partial charge on any atom is 0.227 e. The second kappa shape index (κ2) is 7.50. The van der Waals surface area contributed by atoms with E-state index in [2.05, 4.69) is 25.7 Å². The lowest BCUT2D eigenvalue weighted by atomic mass is 10.2. The third-order valence-electron chi connectivity index (χ3n) is 3.15. The maximum absolute atomic E-state index is 11.9. The highest BCUT2D eigenvalue weighted by Crippen LogP contribution is 2.19. The van der Waals surface area contributed by atoms with Gasteiger partial charge in [-0.25, -0.2) is 0 Å². The second-order valence-electron chi connectivity index (χ2n) is 4.92. The number of aryl methyl sites for hydroxylation is 2. The van der Waals surface area contributed by atoms with Crippen LogP contribution in [0.5, 0.6) is 0 Å². The summed E-state index contributed by atoms with van der Waals surface area (Å²) in [6, 6.07) is 7.13. The van der Waals surface area contributed by atoms with E-state index in [0.29, 0.717) is 28.3 Å². The van der Waals surface area contributed by atoms with Crippen LogP contribution in [0.3, 0.4) is 0 Å². The summed E-state index contributed by atoms with van der Waals surface area (Å²) in [5, 5.41) is 16.5. The maximum atomic E-state index is 11.9. The van der Waals surface area contributed by atoms with Crippen LogP contribution in [0.25, 0.3) is 11.4 Å². The van der Waals surface area contributed by atoms with Gasteiger partial charge in [-0.1, -0.05) is 35.0 Å². The fraction of sp³-hybridized carbons (Fsp3) is 0.267. The Morgan fingerprint density at radius 3 is 2.79 bits per heavy atom. The molecule has 0 aliphatic carbocycles. The normalized spacial score (nSPS) is 10.8. The van der Waals surface area contributed by atoms with Crippen molar-refractivity contribution in [1.82, 2.24) is 20.3 Å². The fourth-order valence-electron chi connectivity index (χ4n) is 1.92. The van der Waals surface area contributed by atoms with E-state index in [0.717, 1.165) is 17.0 Å². The molecule has 1 N–H and O–H groups in total. The van der Waals surface area contributed by atoms with Crippen molar-refractivity contribution in [2.45, 2.75) is 26.2 Å². The number of carbonyl (C=O) groups excluding carboxylic acids is 1. The number of rotatable bonds is 6. The van der Waals surface area contributed by atoms with Crippen LogP contribution in [0.1, 0.15) is 24.2 Å². The van der Waals surface area contributed by atoms with E-state index in [1.54, 1.807) is 12.1 Å². The average Bonchev–Trinajstić information content (AvgIpc) is 3.23. The zero-order chi connectivity index (χ0) is 16.9. The minimum atomic E-state index is -0.167. The Balaban J connectivity index is 1.55. The molecule has 2 heterocycles. The Hall–Kier alpha value is -2.32. The smallest absolute Gasteiger partial charge is 0.227 e. The molecule has 3 aromatic rings. The fourth-order valence-corrected chi connectivity index (χ4v) is 2.74. The van der Waals surface area contributed by atoms with Crippen LogP contribution < -0.4 is 5.32 Å². The van der Waals surface area contributed by atoms with Gasteiger partial charge >= 0.3 is 0 Å². The summed E-state index contributed by atoms with van der Waals surface area (Å²) in [6.45, 7) is 1.99. The Labute approximate surface area is 147 Å². The van der Waals surface area contributed by atoms with Crippen LogP contribution in [0.15, 0.2) is 28.8 Å². The highest BCUT2D eigenvalue weighted by molar-refractivity contribution is 7.15. The zero-order valence-electron chi connectivity index (χ0n) is 12.8. The van der Waals surface area contributed by atoms with Crippen molar-refractivity contribution >= 4 is 34.0 Å². The van der Waals surface area contributed by atoms with E-state index in [1.807, 2.05) is 19.1 Å². The summed E-state index contributed by atoms with van der Waals surface area (Å²) >= 11 is 7.22. The van der Waals surface area contributed by atoms with Crippen molar-refractivity contribution in [1.29, 1.82) is 0 Å². The number of hydrogen-bond acceptors (Lipinski definition) is 7. The predicted molar refractivity (Wildman–Crippen MR) is 91.0 cm³/mol.